The molecule has 1 saturated heterocycles. The van der Waals surface area contributed by atoms with Crippen molar-refractivity contribution < 1.29 is 19.1 Å². The highest BCUT2D eigenvalue weighted by molar-refractivity contribution is 6.02. The fourth-order valence-electron chi connectivity index (χ4n) is 2.72. The van der Waals surface area contributed by atoms with Crippen molar-refractivity contribution in [3.05, 3.63) is 23.8 Å². The highest BCUT2D eigenvalue weighted by Crippen LogP contribution is 2.32. The summed E-state index contributed by atoms with van der Waals surface area (Å²) in [7, 11) is 0. The van der Waals surface area contributed by atoms with Gasteiger partial charge in [-0.05, 0) is 37.5 Å². The minimum atomic E-state index is -0.203. The zero-order chi connectivity index (χ0) is 15.5. The van der Waals surface area contributed by atoms with Crippen LogP contribution in [0.25, 0.3) is 0 Å². The Morgan fingerprint density at radius 1 is 1.45 bits per heavy atom. The predicted octanol–water partition coefficient (Wildman–Crippen LogP) is 1.02. The Morgan fingerprint density at radius 2 is 2.32 bits per heavy atom. The second kappa shape index (κ2) is 6.36. The maximum atomic E-state index is 12.1. The van der Waals surface area contributed by atoms with Gasteiger partial charge in [-0.3, -0.25) is 14.5 Å². The maximum Gasteiger partial charge on any atom is 0.265 e. The Hall–Kier alpha value is -2.08. The Labute approximate surface area is 129 Å². The summed E-state index contributed by atoms with van der Waals surface area (Å²) in [5.41, 5.74) is 1.67. The van der Waals surface area contributed by atoms with E-state index in [0.717, 1.165) is 25.0 Å². The first-order chi connectivity index (χ1) is 10.6. The number of amides is 2. The van der Waals surface area contributed by atoms with Gasteiger partial charge < -0.3 is 14.8 Å². The molecule has 0 unspecified atom stereocenters. The van der Waals surface area contributed by atoms with Crippen LogP contribution in [0.2, 0.25) is 0 Å². The van der Waals surface area contributed by atoms with E-state index in [2.05, 4.69) is 5.32 Å². The molecule has 2 aliphatic rings. The molecule has 0 bridgehead atoms. The van der Waals surface area contributed by atoms with Crippen molar-refractivity contribution in [2.24, 2.45) is 0 Å². The zero-order valence-electron chi connectivity index (χ0n) is 12.6. The molecule has 2 amide bonds. The summed E-state index contributed by atoms with van der Waals surface area (Å²) in [4.78, 5) is 25.7. The third-order valence-electron chi connectivity index (χ3n) is 3.91. The molecule has 1 N–H and O–H groups in total. The van der Waals surface area contributed by atoms with Gasteiger partial charge in [-0.15, -0.1) is 0 Å². The molecule has 1 atom stereocenters. The number of anilines is 1. The van der Waals surface area contributed by atoms with E-state index in [4.69, 9.17) is 9.47 Å². The van der Waals surface area contributed by atoms with Crippen LogP contribution < -0.4 is 15.0 Å². The zero-order valence-corrected chi connectivity index (χ0v) is 12.6. The van der Waals surface area contributed by atoms with Crippen LogP contribution in [0.15, 0.2) is 18.2 Å². The second-order valence-electron chi connectivity index (χ2n) is 5.68. The van der Waals surface area contributed by atoms with E-state index in [-0.39, 0.29) is 31.1 Å². The molecule has 0 aliphatic carbocycles. The molecule has 22 heavy (non-hydrogen) atoms. The number of fused-ring (bicyclic) bond motifs is 1. The van der Waals surface area contributed by atoms with Gasteiger partial charge in [0, 0.05) is 13.2 Å². The van der Waals surface area contributed by atoms with Gasteiger partial charge in [-0.1, -0.05) is 6.07 Å². The highest BCUT2D eigenvalue weighted by atomic mass is 16.5. The van der Waals surface area contributed by atoms with E-state index in [9.17, 15) is 9.59 Å². The van der Waals surface area contributed by atoms with Gasteiger partial charge >= 0.3 is 0 Å². The average molecular weight is 304 g/mol. The number of aryl methyl sites for hydroxylation is 1. The second-order valence-corrected chi connectivity index (χ2v) is 5.68. The number of rotatable bonds is 4. The standard InChI is InChI=1S/C16H20N2O4/c1-11-4-5-14-13(7-11)18(16(20)10-22-14)9-15(19)17-8-12-3-2-6-21-12/h4-5,7,12H,2-3,6,8-10H2,1H3,(H,17,19)/t12-/m1/s1. The fourth-order valence-corrected chi connectivity index (χ4v) is 2.72. The van der Waals surface area contributed by atoms with E-state index < -0.39 is 0 Å². The third kappa shape index (κ3) is 3.22. The molecular formula is C16H20N2O4. The van der Waals surface area contributed by atoms with Crippen LogP contribution in [0.5, 0.6) is 5.75 Å². The number of hydrogen-bond acceptors (Lipinski definition) is 4. The largest absolute Gasteiger partial charge is 0.482 e. The van der Waals surface area contributed by atoms with Crippen LogP contribution in [-0.4, -0.2) is 44.2 Å². The van der Waals surface area contributed by atoms with Crippen molar-refractivity contribution in [1.82, 2.24) is 5.32 Å². The van der Waals surface area contributed by atoms with Crippen molar-refractivity contribution in [2.75, 3.05) is 31.2 Å². The van der Waals surface area contributed by atoms with E-state index in [1.165, 1.54) is 4.90 Å². The average Bonchev–Trinajstić information content (AvgIpc) is 3.02. The molecule has 6 nitrogen and oxygen atoms in total. The van der Waals surface area contributed by atoms with Gasteiger partial charge in [0.15, 0.2) is 6.61 Å². The third-order valence-corrected chi connectivity index (χ3v) is 3.91. The summed E-state index contributed by atoms with van der Waals surface area (Å²) in [5.74, 6) is 0.251. The lowest BCUT2D eigenvalue weighted by Crippen LogP contribution is -2.46. The first-order valence-electron chi connectivity index (χ1n) is 7.55. The summed E-state index contributed by atoms with van der Waals surface area (Å²) in [6.07, 6.45) is 2.10. The van der Waals surface area contributed by atoms with Gasteiger partial charge in [0.05, 0.1) is 11.8 Å². The summed E-state index contributed by atoms with van der Waals surface area (Å²) in [6.45, 7) is 3.17. The molecule has 0 saturated carbocycles. The molecule has 0 spiro atoms. The molecule has 1 fully saturated rings. The predicted molar refractivity (Wildman–Crippen MR) is 81.0 cm³/mol. The highest BCUT2D eigenvalue weighted by Gasteiger charge is 2.27. The van der Waals surface area contributed by atoms with E-state index >= 15 is 0 Å². The fraction of sp³-hybridized carbons (Fsp3) is 0.500. The molecule has 6 heteroatoms. The minimum Gasteiger partial charge on any atom is -0.482 e. The van der Waals surface area contributed by atoms with Crippen molar-refractivity contribution in [2.45, 2.75) is 25.9 Å². The monoisotopic (exact) mass is 304 g/mol. The molecule has 0 aromatic heterocycles. The summed E-state index contributed by atoms with van der Waals surface area (Å²) in [6, 6.07) is 5.61. The van der Waals surface area contributed by atoms with Gasteiger partial charge in [0.1, 0.15) is 12.3 Å². The number of nitrogens with zero attached hydrogens (tertiary/aromatic N) is 1. The summed E-state index contributed by atoms with van der Waals surface area (Å²) >= 11 is 0. The number of carbonyl (C=O) groups excluding carboxylic acids is 2. The minimum absolute atomic E-state index is 0.00532. The molecule has 118 valence electrons. The number of hydrogen-bond donors (Lipinski definition) is 1. The number of nitrogens with one attached hydrogen (secondary N) is 1. The Bertz CT molecular complexity index is 582. The molecule has 3 rings (SSSR count). The Kier molecular flexibility index (Phi) is 4.29. The van der Waals surface area contributed by atoms with E-state index in [0.29, 0.717) is 18.0 Å². The van der Waals surface area contributed by atoms with Crippen LogP contribution in [-0.2, 0) is 14.3 Å². The molecule has 2 aliphatic heterocycles. The molecule has 0 radical (unpaired) electrons. The summed E-state index contributed by atoms with van der Waals surface area (Å²) in [5, 5.41) is 2.84. The lowest BCUT2D eigenvalue weighted by Gasteiger charge is -2.29. The van der Waals surface area contributed by atoms with Crippen molar-refractivity contribution in [3.63, 3.8) is 0 Å². The smallest absolute Gasteiger partial charge is 0.265 e. The van der Waals surface area contributed by atoms with Crippen LogP contribution in [0.3, 0.4) is 0 Å². The quantitative estimate of drug-likeness (QED) is 0.901. The van der Waals surface area contributed by atoms with Gasteiger partial charge in [-0.25, -0.2) is 0 Å². The SMILES string of the molecule is Cc1ccc2c(c1)N(CC(=O)NC[C@H]1CCCO1)C(=O)CO2. The first kappa shape index (κ1) is 14.8. The lowest BCUT2D eigenvalue weighted by molar-refractivity contribution is -0.125. The van der Waals surface area contributed by atoms with Crippen molar-refractivity contribution >= 4 is 17.5 Å². The Balaban J connectivity index is 1.64. The Morgan fingerprint density at radius 3 is 3.09 bits per heavy atom. The van der Waals surface area contributed by atoms with Gasteiger partial charge in [0.25, 0.3) is 5.91 Å². The van der Waals surface area contributed by atoms with Crippen molar-refractivity contribution in [1.29, 1.82) is 0 Å². The molecular weight excluding hydrogens is 284 g/mol. The first-order valence-corrected chi connectivity index (χ1v) is 7.55. The lowest BCUT2D eigenvalue weighted by atomic mass is 10.1. The van der Waals surface area contributed by atoms with Crippen LogP contribution in [0, 0.1) is 6.92 Å². The van der Waals surface area contributed by atoms with E-state index in [1.807, 2.05) is 25.1 Å². The van der Waals surface area contributed by atoms with Crippen LogP contribution in [0.4, 0.5) is 5.69 Å². The maximum absolute atomic E-state index is 12.1. The number of carbonyl (C=O) groups is 2. The normalized spacial score (nSPS) is 20.5. The molecule has 1 aromatic carbocycles. The number of benzene rings is 1. The topological polar surface area (TPSA) is 67.9 Å². The summed E-state index contributed by atoms with van der Waals surface area (Å²) < 4.78 is 10.9. The van der Waals surface area contributed by atoms with Gasteiger partial charge in [-0.2, -0.15) is 0 Å². The molecule has 2 heterocycles. The van der Waals surface area contributed by atoms with Gasteiger partial charge in [0.2, 0.25) is 5.91 Å². The molecule has 1 aromatic rings. The van der Waals surface area contributed by atoms with Crippen molar-refractivity contribution in [3.8, 4) is 5.75 Å². The van der Waals surface area contributed by atoms with Crippen LogP contribution >= 0.6 is 0 Å². The number of ether oxygens (including phenoxy) is 2. The van der Waals surface area contributed by atoms with Crippen LogP contribution in [0.1, 0.15) is 18.4 Å². The van der Waals surface area contributed by atoms with E-state index in [1.54, 1.807) is 0 Å².